The lowest BCUT2D eigenvalue weighted by Crippen LogP contribution is -2.44. The molecule has 4 nitrogen and oxygen atoms in total. The standard InChI is InChI=1S/C21H43NO3/c1-6-8-10-11-12-13-14-16-19(15-9-7-2)25-20(17-21(23)24)18-22(3,4)5/h19-20H,6-18H2,1-5H3/p+1/t19?,20-/m1/s1. The Kier molecular flexibility index (Phi) is 14.2. The maximum Gasteiger partial charge on any atom is 0.306 e. The molecule has 0 amide bonds. The molecule has 0 aromatic rings. The van der Waals surface area contributed by atoms with E-state index in [4.69, 9.17) is 4.74 Å². The lowest BCUT2D eigenvalue weighted by molar-refractivity contribution is -0.873. The molecule has 0 aliphatic rings. The van der Waals surface area contributed by atoms with Crippen molar-refractivity contribution in [1.82, 2.24) is 0 Å². The van der Waals surface area contributed by atoms with Crippen molar-refractivity contribution >= 4 is 5.97 Å². The third-order valence-corrected chi connectivity index (χ3v) is 4.55. The van der Waals surface area contributed by atoms with Gasteiger partial charge in [-0.2, -0.15) is 0 Å². The first-order chi connectivity index (χ1) is 11.8. The van der Waals surface area contributed by atoms with Crippen LogP contribution in [0.5, 0.6) is 0 Å². The van der Waals surface area contributed by atoms with E-state index in [-0.39, 0.29) is 18.6 Å². The highest BCUT2D eigenvalue weighted by Gasteiger charge is 2.24. The van der Waals surface area contributed by atoms with Gasteiger partial charge in [-0.25, -0.2) is 0 Å². The molecule has 150 valence electrons. The Labute approximate surface area is 156 Å². The smallest absolute Gasteiger partial charge is 0.306 e. The van der Waals surface area contributed by atoms with E-state index in [1.54, 1.807) is 0 Å². The van der Waals surface area contributed by atoms with Gasteiger partial charge >= 0.3 is 5.97 Å². The second-order valence-electron chi connectivity index (χ2n) is 8.50. The minimum absolute atomic E-state index is 0.106. The Balaban J connectivity index is 4.36. The summed E-state index contributed by atoms with van der Waals surface area (Å²) in [7, 11) is 6.28. The molecule has 2 atom stereocenters. The fraction of sp³-hybridized carbons (Fsp3) is 0.952. The van der Waals surface area contributed by atoms with Crippen molar-refractivity contribution in [2.24, 2.45) is 0 Å². The number of unbranched alkanes of at least 4 members (excludes halogenated alkanes) is 7. The van der Waals surface area contributed by atoms with Crippen LogP contribution in [0.4, 0.5) is 0 Å². The summed E-state index contributed by atoms with van der Waals surface area (Å²) in [5, 5.41) is 9.20. The van der Waals surface area contributed by atoms with E-state index in [9.17, 15) is 9.90 Å². The zero-order chi connectivity index (χ0) is 19.1. The maximum absolute atomic E-state index is 11.2. The fourth-order valence-electron chi connectivity index (χ4n) is 3.27. The van der Waals surface area contributed by atoms with E-state index in [0.717, 1.165) is 36.7 Å². The van der Waals surface area contributed by atoms with E-state index in [0.29, 0.717) is 0 Å². The normalized spacial score (nSPS) is 14.4. The molecule has 0 aliphatic heterocycles. The third-order valence-electron chi connectivity index (χ3n) is 4.55. The van der Waals surface area contributed by atoms with Gasteiger partial charge in [0.05, 0.1) is 33.7 Å². The zero-order valence-corrected chi connectivity index (χ0v) is 17.6. The van der Waals surface area contributed by atoms with E-state index in [1.807, 2.05) is 0 Å². The molecular formula is C21H44NO3+. The molecule has 0 heterocycles. The topological polar surface area (TPSA) is 46.5 Å². The summed E-state index contributed by atoms with van der Waals surface area (Å²) in [6, 6.07) is 0. The zero-order valence-electron chi connectivity index (χ0n) is 17.6. The van der Waals surface area contributed by atoms with Crippen LogP contribution in [0.1, 0.15) is 90.9 Å². The number of rotatable bonds is 17. The van der Waals surface area contributed by atoms with Crippen LogP contribution in [-0.4, -0.2) is 55.5 Å². The average molecular weight is 359 g/mol. The number of ether oxygens (including phenoxy) is 1. The molecule has 0 aliphatic carbocycles. The van der Waals surface area contributed by atoms with Crippen LogP contribution in [-0.2, 0) is 9.53 Å². The molecule has 0 saturated carbocycles. The van der Waals surface area contributed by atoms with Crippen LogP contribution in [0.3, 0.4) is 0 Å². The van der Waals surface area contributed by atoms with Gasteiger partial charge in [0, 0.05) is 0 Å². The summed E-state index contributed by atoms with van der Waals surface area (Å²) in [5.41, 5.74) is 0. The van der Waals surface area contributed by atoms with Crippen LogP contribution >= 0.6 is 0 Å². The van der Waals surface area contributed by atoms with Crippen LogP contribution in [0, 0.1) is 0 Å². The number of carboxylic acids is 1. The van der Waals surface area contributed by atoms with Crippen LogP contribution in [0.2, 0.25) is 0 Å². The van der Waals surface area contributed by atoms with Gasteiger partial charge in [0.2, 0.25) is 0 Å². The first-order valence-electron chi connectivity index (χ1n) is 10.5. The summed E-state index contributed by atoms with van der Waals surface area (Å²) in [6.07, 6.45) is 13.7. The quantitative estimate of drug-likeness (QED) is 0.285. The first kappa shape index (κ1) is 24.4. The molecule has 1 unspecified atom stereocenters. The molecule has 0 aromatic heterocycles. The largest absolute Gasteiger partial charge is 0.481 e. The predicted molar refractivity (Wildman–Crippen MR) is 106 cm³/mol. The van der Waals surface area contributed by atoms with Crippen LogP contribution in [0.25, 0.3) is 0 Å². The van der Waals surface area contributed by atoms with Crippen molar-refractivity contribution in [1.29, 1.82) is 0 Å². The Bertz CT molecular complexity index is 326. The van der Waals surface area contributed by atoms with Crippen LogP contribution in [0.15, 0.2) is 0 Å². The van der Waals surface area contributed by atoms with E-state index in [2.05, 4.69) is 35.0 Å². The van der Waals surface area contributed by atoms with Gasteiger partial charge in [-0.05, 0) is 12.8 Å². The van der Waals surface area contributed by atoms with Crippen molar-refractivity contribution in [2.75, 3.05) is 27.7 Å². The van der Waals surface area contributed by atoms with Crippen molar-refractivity contribution in [3.8, 4) is 0 Å². The predicted octanol–water partition coefficient (Wildman–Crippen LogP) is 5.25. The molecule has 1 N–H and O–H groups in total. The van der Waals surface area contributed by atoms with Crippen molar-refractivity contribution < 1.29 is 19.1 Å². The highest BCUT2D eigenvalue weighted by Crippen LogP contribution is 2.19. The second kappa shape index (κ2) is 14.5. The lowest BCUT2D eigenvalue weighted by atomic mass is 10.0. The number of nitrogens with zero attached hydrogens (tertiary/aromatic N) is 1. The summed E-state index contributed by atoms with van der Waals surface area (Å²) in [5.74, 6) is -0.761. The Hall–Kier alpha value is -0.610. The minimum Gasteiger partial charge on any atom is -0.481 e. The summed E-state index contributed by atoms with van der Waals surface area (Å²) in [6.45, 7) is 5.19. The molecule has 0 spiro atoms. The minimum atomic E-state index is -0.761. The van der Waals surface area contributed by atoms with Gasteiger partial charge in [0.15, 0.2) is 0 Å². The van der Waals surface area contributed by atoms with Crippen molar-refractivity contribution in [3.63, 3.8) is 0 Å². The second-order valence-corrected chi connectivity index (χ2v) is 8.50. The number of aliphatic carboxylic acids is 1. The highest BCUT2D eigenvalue weighted by molar-refractivity contribution is 5.67. The number of quaternary nitrogens is 1. The molecule has 0 radical (unpaired) electrons. The summed E-state index contributed by atoms with van der Waals surface area (Å²) >= 11 is 0. The molecule has 0 fully saturated rings. The molecule has 0 rings (SSSR count). The number of hydrogen-bond acceptors (Lipinski definition) is 2. The van der Waals surface area contributed by atoms with Gasteiger partial charge in [0.25, 0.3) is 0 Å². The molecule has 4 heteroatoms. The van der Waals surface area contributed by atoms with E-state index in [1.165, 1.54) is 44.9 Å². The molecule has 0 aromatic carbocycles. The van der Waals surface area contributed by atoms with Gasteiger partial charge in [-0.15, -0.1) is 0 Å². The van der Waals surface area contributed by atoms with Gasteiger partial charge in [-0.3, -0.25) is 4.79 Å². The fourth-order valence-corrected chi connectivity index (χ4v) is 3.27. The molecule has 0 bridgehead atoms. The summed E-state index contributed by atoms with van der Waals surface area (Å²) in [4.78, 5) is 11.2. The first-order valence-corrected chi connectivity index (χ1v) is 10.5. The maximum atomic E-state index is 11.2. The number of carbonyl (C=O) groups is 1. The van der Waals surface area contributed by atoms with Gasteiger partial charge in [0.1, 0.15) is 12.6 Å². The summed E-state index contributed by atoms with van der Waals surface area (Å²) < 4.78 is 7.02. The Morgan fingerprint density at radius 2 is 1.36 bits per heavy atom. The SMILES string of the molecule is CCCCCCCCCC(CCCC)O[C@H](CC(=O)O)C[N+](C)(C)C. The van der Waals surface area contributed by atoms with Crippen molar-refractivity contribution in [3.05, 3.63) is 0 Å². The average Bonchev–Trinajstić information content (AvgIpc) is 2.49. The third kappa shape index (κ3) is 16.6. The molecule has 25 heavy (non-hydrogen) atoms. The highest BCUT2D eigenvalue weighted by atomic mass is 16.5. The van der Waals surface area contributed by atoms with E-state index >= 15 is 0 Å². The Morgan fingerprint density at radius 3 is 1.88 bits per heavy atom. The number of carboxylic acid groups (broad SMARTS) is 1. The number of hydrogen-bond donors (Lipinski definition) is 1. The van der Waals surface area contributed by atoms with Crippen LogP contribution < -0.4 is 0 Å². The van der Waals surface area contributed by atoms with E-state index < -0.39 is 5.97 Å². The van der Waals surface area contributed by atoms with Gasteiger partial charge < -0.3 is 14.3 Å². The van der Waals surface area contributed by atoms with Gasteiger partial charge in [-0.1, -0.05) is 71.6 Å². The molecule has 0 saturated heterocycles. The molecular weight excluding hydrogens is 314 g/mol. The monoisotopic (exact) mass is 358 g/mol. The lowest BCUT2D eigenvalue weighted by Gasteiger charge is -2.31. The van der Waals surface area contributed by atoms with Crippen molar-refractivity contribution in [2.45, 2.75) is 103 Å². The number of likely N-dealkylation sites (N-methyl/N-ethyl adjacent to an activating group) is 1. The Morgan fingerprint density at radius 1 is 0.840 bits per heavy atom.